The summed E-state index contributed by atoms with van der Waals surface area (Å²) in [6.07, 6.45) is 2.94. The molecule has 4 heteroatoms. The molecule has 1 saturated heterocycles. The van der Waals surface area contributed by atoms with Crippen LogP contribution in [0, 0.1) is 0 Å². The summed E-state index contributed by atoms with van der Waals surface area (Å²) in [6, 6.07) is -0.235. The number of carboxylic acid groups (broad SMARTS) is 1. The predicted molar refractivity (Wildman–Crippen MR) is 50.1 cm³/mol. The Labute approximate surface area is 77.3 Å². The summed E-state index contributed by atoms with van der Waals surface area (Å²) in [6.45, 7) is 3.04. The van der Waals surface area contributed by atoms with Crippen molar-refractivity contribution >= 4 is 17.9 Å². The smallest absolute Gasteiger partial charge is 0.321 e. The third-order valence-electron chi connectivity index (χ3n) is 1.95. The zero-order valence-corrected chi connectivity index (χ0v) is 8.14. The first-order chi connectivity index (χ1) is 5.75. The summed E-state index contributed by atoms with van der Waals surface area (Å²) in [5.74, 6) is 0.361. The Hall–Kier alpha value is -0.220. The lowest BCUT2D eigenvalue weighted by atomic mass is 10.2. The molecule has 1 atom stereocenters. The number of hydrogen-bond acceptors (Lipinski definition) is 3. The highest BCUT2D eigenvalue weighted by atomic mass is 32.2. The first kappa shape index (κ1) is 9.86. The van der Waals surface area contributed by atoms with E-state index in [9.17, 15) is 4.79 Å². The first-order valence-corrected chi connectivity index (χ1v) is 5.32. The van der Waals surface area contributed by atoms with Crippen molar-refractivity contribution in [2.45, 2.75) is 32.2 Å². The van der Waals surface area contributed by atoms with Gasteiger partial charge in [0.15, 0.2) is 0 Å². The Morgan fingerprint density at radius 1 is 1.75 bits per heavy atom. The normalized spacial score (nSPS) is 24.6. The van der Waals surface area contributed by atoms with Crippen LogP contribution < -0.4 is 0 Å². The van der Waals surface area contributed by atoms with Gasteiger partial charge in [-0.25, -0.2) is 4.31 Å². The van der Waals surface area contributed by atoms with E-state index in [1.54, 1.807) is 11.9 Å². The van der Waals surface area contributed by atoms with Crippen molar-refractivity contribution in [3.05, 3.63) is 0 Å². The highest BCUT2D eigenvalue weighted by Gasteiger charge is 2.30. The monoisotopic (exact) mass is 189 g/mol. The van der Waals surface area contributed by atoms with Crippen LogP contribution in [0.4, 0.5) is 0 Å². The second-order valence-corrected chi connectivity index (χ2v) is 4.11. The van der Waals surface area contributed by atoms with E-state index in [0.717, 1.165) is 31.6 Å². The molecule has 0 radical (unpaired) electrons. The van der Waals surface area contributed by atoms with Crippen LogP contribution in [0.25, 0.3) is 0 Å². The van der Waals surface area contributed by atoms with E-state index in [2.05, 4.69) is 6.92 Å². The number of nitrogens with zero attached hydrogens (tertiary/aromatic N) is 1. The molecule has 0 aromatic heterocycles. The SMILES string of the molecule is CCCSN1CCCC1C(=O)O. The molecule has 0 saturated carbocycles. The molecule has 1 fully saturated rings. The second kappa shape index (κ2) is 4.72. The van der Waals surface area contributed by atoms with Crippen LogP contribution in [0.15, 0.2) is 0 Å². The summed E-state index contributed by atoms with van der Waals surface area (Å²) < 4.78 is 2.01. The average Bonchev–Trinajstić information content (AvgIpc) is 2.48. The summed E-state index contributed by atoms with van der Waals surface area (Å²) in [5.41, 5.74) is 0. The lowest BCUT2D eigenvalue weighted by Gasteiger charge is -2.18. The molecule has 0 aromatic carbocycles. The van der Waals surface area contributed by atoms with Gasteiger partial charge in [0.1, 0.15) is 6.04 Å². The molecule has 1 N–H and O–H groups in total. The van der Waals surface area contributed by atoms with Crippen molar-refractivity contribution in [2.75, 3.05) is 12.3 Å². The Balaban J connectivity index is 2.35. The van der Waals surface area contributed by atoms with Gasteiger partial charge in [-0.05, 0) is 19.3 Å². The predicted octanol–water partition coefficient (Wildman–Crippen LogP) is 1.59. The van der Waals surface area contributed by atoms with Gasteiger partial charge in [0, 0.05) is 12.3 Å². The van der Waals surface area contributed by atoms with Crippen molar-refractivity contribution < 1.29 is 9.90 Å². The van der Waals surface area contributed by atoms with Crippen LogP contribution in [0.2, 0.25) is 0 Å². The van der Waals surface area contributed by atoms with Gasteiger partial charge >= 0.3 is 5.97 Å². The Bertz CT molecular complexity index is 163. The third kappa shape index (κ3) is 2.38. The molecular weight excluding hydrogens is 174 g/mol. The molecule has 0 aromatic rings. The fourth-order valence-corrected chi connectivity index (χ4v) is 2.40. The fraction of sp³-hybridized carbons (Fsp3) is 0.875. The molecule has 0 amide bonds. The largest absolute Gasteiger partial charge is 0.480 e. The molecule has 0 aliphatic carbocycles. The van der Waals surface area contributed by atoms with Gasteiger partial charge in [0.2, 0.25) is 0 Å². The minimum absolute atomic E-state index is 0.235. The maximum absolute atomic E-state index is 10.7. The number of aliphatic carboxylic acids is 1. The standard InChI is InChI=1S/C8H15NO2S/c1-2-6-12-9-5-3-4-7(9)8(10)11/h7H,2-6H2,1H3,(H,10,11). The first-order valence-electron chi connectivity index (χ1n) is 4.38. The van der Waals surface area contributed by atoms with Crippen molar-refractivity contribution in [3.8, 4) is 0 Å². The highest BCUT2D eigenvalue weighted by molar-refractivity contribution is 7.97. The van der Waals surface area contributed by atoms with Gasteiger partial charge in [0.05, 0.1) is 0 Å². The van der Waals surface area contributed by atoms with Crippen LogP contribution in [0.1, 0.15) is 26.2 Å². The quantitative estimate of drug-likeness (QED) is 0.682. The molecule has 1 aliphatic heterocycles. The third-order valence-corrected chi connectivity index (χ3v) is 3.31. The van der Waals surface area contributed by atoms with Crippen molar-refractivity contribution in [3.63, 3.8) is 0 Å². The molecule has 1 heterocycles. The van der Waals surface area contributed by atoms with E-state index in [1.807, 2.05) is 4.31 Å². The van der Waals surface area contributed by atoms with Gasteiger partial charge in [-0.15, -0.1) is 0 Å². The molecule has 1 aliphatic rings. The Morgan fingerprint density at radius 3 is 3.08 bits per heavy atom. The Morgan fingerprint density at radius 2 is 2.50 bits per heavy atom. The van der Waals surface area contributed by atoms with E-state index < -0.39 is 5.97 Å². The van der Waals surface area contributed by atoms with Crippen LogP contribution in [0.5, 0.6) is 0 Å². The van der Waals surface area contributed by atoms with Crippen LogP contribution >= 0.6 is 11.9 Å². The summed E-state index contributed by atoms with van der Waals surface area (Å²) in [7, 11) is 0. The number of carboxylic acids is 1. The Kier molecular flexibility index (Phi) is 3.88. The van der Waals surface area contributed by atoms with Gasteiger partial charge < -0.3 is 5.11 Å². The number of hydrogen-bond donors (Lipinski definition) is 1. The van der Waals surface area contributed by atoms with Crippen molar-refractivity contribution in [2.24, 2.45) is 0 Å². The van der Waals surface area contributed by atoms with E-state index in [1.165, 1.54) is 0 Å². The highest BCUT2D eigenvalue weighted by Crippen LogP contribution is 2.25. The minimum atomic E-state index is -0.670. The van der Waals surface area contributed by atoms with Crippen LogP contribution in [-0.2, 0) is 4.79 Å². The summed E-state index contributed by atoms with van der Waals surface area (Å²) in [4.78, 5) is 10.7. The molecule has 0 bridgehead atoms. The molecule has 1 rings (SSSR count). The maximum atomic E-state index is 10.7. The van der Waals surface area contributed by atoms with E-state index in [0.29, 0.717) is 0 Å². The average molecular weight is 189 g/mol. The number of carbonyl (C=O) groups is 1. The van der Waals surface area contributed by atoms with Crippen molar-refractivity contribution in [1.29, 1.82) is 0 Å². The minimum Gasteiger partial charge on any atom is -0.480 e. The van der Waals surface area contributed by atoms with E-state index in [4.69, 9.17) is 5.11 Å². The molecule has 1 unspecified atom stereocenters. The van der Waals surface area contributed by atoms with Crippen LogP contribution in [-0.4, -0.2) is 33.7 Å². The van der Waals surface area contributed by atoms with E-state index in [-0.39, 0.29) is 6.04 Å². The molecular formula is C8H15NO2S. The lowest BCUT2D eigenvalue weighted by Crippen LogP contribution is -2.31. The summed E-state index contributed by atoms with van der Waals surface area (Å²) in [5, 5.41) is 8.83. The fourth-order valence-electron chi connectivity index (χ4n) is 1.35. The topological polar surface area (TPSA) is 40.5 Å². The van der Waals surface area contributed by atoms with E-state index >= 15 is 0 Å². The number of rotatable bonds is 4. The van der Waals surface area contributed by atoms with Gasteiger partial charge in [-0.2, -0.15) is 0 Å². The second-order valence-electron chi connectivity index (χ2n) is 2.97. The van der Waals surface area contributed by atoms with Crippen LogP contribution in [0.3, 0.4) is 0 Å². The van der Waals surface area contributed by atoms with Gasteiger partial charge in [-0.1, -0.05) is 18.9 Å². The van der Waals surface area contributed by atoms with Gasteiger partial charge in [-0.3, -0.25) is 4.79 Å². The molecule has 12 heavy (non-hydrogen) atoms. The maximum Gasteiger partial charge on any atom is 0.321 e. The van der Waals surface area contributed by atoms with Crippen molar-refractivity contribution in [1.82, 2.24) is 4.31 Å². The summed E-state index contributed by atoms with van der Waals surface area (Å²) >= 11 is 1.67. The molecule has 0 spiro atoms. The molecule has 70 valence electrons. The zero-order chi connectivity index (χ0) is 8.97. The van der Waals surface area contributed by atoms with Gasteiger partial charge in [0.25, 0.3) is 0 Å². The lowest BCUT2D eigenvalue weighted by molar-refractivity contribution is -0.140. The zero-order valence-electron chi connectivity index (χ0n) is 7.32. The molecule has 3 nitrogen and oxygen atoms in total.